The number of esters is 4. The normalized spacial score (nSPS) is 17.6. The Bertz CT molecular complexity index is 2200. The lowest BCUT2D eigenvalue weighted by molar-refractivity contribution is -0.141. The molecule has 0 atom stereocenters. The van der Waals surface area contributed by atoms with Crippen LogP contribution in [0.5, 0.6) is 23.0 Å². The van der Waals surface area contributed by atoms with E-state index in [9.17, 15) is 38.7 Å². The highest BCUT2D eigenvalue weighted by atomic mass is 16.5. The first-order chi connectivity index (χ1) is 33.4. The van der Waals surface area contributed by atoms with Crippen molar-refractivity contribution < 1.29 is 67.1 Å². The minimum absolute atomic E-state index is 0.00615. The number of benzene rings is 3. The van der Waals surface area contributed by atoms with Gasteiger partial charge in [0, 0.05) is 36.8 Å². The van der Waals surface area contributed by atoms with Gasteiger partial charge in [0.05, 0.1) is 38.3 Å². The molecule has 0 unspecified atom stereocenters. The fourth-order valence-corrected chi connectivity index (χ4v) is 8.59. The van der Waals surface area contributed by atoms with Crippen LogP contribution in [0.15, 0.2) is 92.0 Å². The number of carboxylic acid groups (broad SMARTS) is 1. The van der Waals surface area contributed by atoms with E-state index in [4.69, 9.17) is 28.4 Å². The maximum absolute atomic E-state index is 13.4. The van der Waals surface area contributed by atoms with Crippen molar-refractivity contribution in [2.45, 2.75) is 116 Å². The van der Waals surface area contributed by atoms with Crippen molar-refractivity contribution in [2.24, 2.45) is 23.7 Å². The van der Waals surface area contributed by atoms with Crippen LogP contribution >= 0.6 is 0 Å². The molecule has 0 spiro atoms. The van der Waals surface area contributed by atoms with Gasteiger partial charge in [-0.2, -0.15) is 0 Å². The van der Waals surface area contributed by atoms with Crippen LogP contribution in [-0.4, -0.2) is 72.9 Å². The molecule has 5 rings (SSSR count). The van der Waals surface area contributed by atoms with Crippen LogP contribution in [0.2, 0.25) is 0 Å². The molecule has 3 aromatic rings. The van der Waals surface area contributed by atoms with Gasteiger partial charge in [-0.25, -0.2) is 14.4 Å². The SMILES string of the molecule is C=CC(=O)OCCCCCCOc1ccc(CC(=O)[C@H]2CC[C@H](C(=O)Oc3ccc(CC(=O)[C@H]4CC[C@H](C(=O)Oc5ccc(OCCCCCCOC(=O)C=C)cc5)CC4)cc3C(=O)O)CC2)cc1. The molecule has 14 heteroatoms. The summed E-state index contributed by atoms with van der Waals surface area (Å²) in [5.41, 5.74) is 1.16. The van der Waals surface area contributed by atoms with Gasteiger partial charge in [0.15, 0.2) is 0 Å². The number of carboxylic acids is 1. The number of hydrogen-bond donors (Lipinski definition) is 1. The monoisotopic (exact) mass is 950 g/mol. The van der Waals surface area contributed by atoms with Crippen LogP contribution < -0.4 is 18.9 Å². The van der Waals surface area contributed by atoms with Crippen LogP contribution in [0.25, 0.3) is 0 Å². The van der Waals surface area contributed by atoms with E-state index in [0.717, 1.165) is 74.8 Å². The molecule has 0 aliphatic heterocycles. The number of ketones is 2. The molecule has 2 saturated carbocycles. The smallest absolute Gasteiger partial charge is 0.339 e. The third kappa shape index (κ3) is 18.5. The van der Waals surface area contributed by atoms with Gasteiger partial charge in [-0.15, -0.1) is 0 Å². The van der Waals surface area contributed by atoms with E-state index >= 15 is 0 Å². The maximum Gasteiger partial charge on any atom is 0.339 e. The summed E-state index contributed by atoms with van der Waals surface area (Å²) in [6.07, 6.45) is 13.5. The van der Waals surface area contributed by atoms with Gasteiger partial charge in [-0.1, -0.05) is 31.4 Å². The molecule has 0 aromatic heterocycles. The number of rotatable bonds is 29. The van der Waals surface area contributed by atoms with E-state index in [2.05, 4.69) is 13.2 Å². The summed E-state index contributed by atoms with van der Waals surface area (Å²) in [7, 11) is 0. The first-order valence-electron chi connectivity index (χ1n) is 24.3. The number of hydrogen-bond acceptors (Lipinski definition) is 13. The van der Waals surface area contributed by atoms with Crippen LogP contribution in [0.1, 0.15) is 124 Å². The molecule has 0 radical (unpaired) electrons. The van der Waals surface area contributed by atoms with Crippen molar-refractivity contribution in [1.82, 2.24) is 0 Å². The number of Topliss-reactive ketones (excluding diaryl/α,β-unsaturated/α-hetero) is 2. The maximum atomic E-state index is 13.4. The highest BCUT2D eigenvalue weighted by Crippen LogP contribution is 2.34. The minimum Gasteiger partial charge on any atom is -0.494 e. The third-order valence-electron chi connectivity index (χ3n) is 12.7. The van der Waals surface area contributed by atoms with E-state index in [-0.39, 0.29) is 59.4 Å². The average Bonchev–Trinajstić information content (AvgIpc) is 3.36. The predicted molar refractivity (Wildman–Crippen MR) is 256 cm³/mol. The first kappa shape index (κ1) is 53.4. The van der Waals surface area contributed by atoms with Crippen LogP contribution in [0, 0.1) is 23.7 Å². The number of carbonyl (C=O) groups is 7. The fourth-order valence-electron chi connectivity index (χ4n) is 8.59. The summed E-state index contributed by atoms with van der Waals surface area (Å²) in [6, 6.07) is 18.8. The molecule has 0 amide bonds. The molecule has 370 valence electrons. The second-order valence-electron chi connectivity index (χ2n) is 17.7. The Morgan fingerprint density at radius 1 is 0.478 bits per heavy atom. The summed E-state index contributed by atoms with van der Waals surface area (Å²) in [5, 5.41) is 10.0. The van der Waals surface area contributed by atoms with Crippen molar-refractivity contribution in [3.63, 3.8) is 0 Å². The third-order valence-corrected chi connectivity index (χ3v) is 12.7. The Hall–Kier alpha value is -6.57. The summed E-state index contributed by atoms with van der Waals surface area (Å²) in [4.78, 5) is 87.3. The molecule has 2 aliphatic carbocycles. The molecule has 3 aromatic carbocycles. The summed E-state index contributed by atoms with van der Waals surface area (Å²) >= 11 is 0. The Morgan fingerprint density at radius 3 is 1.33 bits per heavy atom. The van der Waals surface area contributed by atoms with E-state index in [1.807, 2.05) is 24.3 Å². The molecule has 0 heterocycles. The van der Waals surface area contributed by atoms with Crippen LogP contribution in [0.4, 0.5) is 0 Å². The second-order valence-corrected chi connectivity index (χ2v) is 17.7. The first-order valence-corrected chi connectivity index (χ1v) is 24.3. The van der Waals surface area contributed by atoms with E-state index < -0.39 is 29.8 Å². The lowest BCUT2D eigenvalue weighted by Crippen LogP contribution is -2.29. The van der Waals surface area contributed by atoms with Gasteiger partial charge >= 0.3 is 29.8 Å². The fraction of sp³-hybridized carbons (Fsp3) is 0.473. The molecule has 2 fully saturated rings. The number of unbranched alkanes of at least 4 members (excludes halogenated alkanes) is 6. The zero-order valence-electron chi connectivity index (χ0n) is 39.5. The molecule has 0 saturated heterocycles. The number of ether oxygens (including phenoxy) is 6. The van der Waals surface area contributed by atoms with Gasteiger partial charge in [0.25, 0.3) is 0 Å². The highest BCUT2D eigenvalue weighted by Gasteiger charge is 2.33. The Labute approximate surface area is 404 Å². The zero-order valence-corrected chi connectivity index (χ0v) is 39.5. The topological polar surface area (TPSA) is 195 Å². The molecular formula is C55H66O14. The van der Waals surface area contributed by atoms with Gasteiger partial charge in [-0.3, -0.25) is 19.2 Å². The average molecular weight is 951 g/mol. The summed E-state index contributed by atoms with van der Waals surface area (Å²) < 4.78 is 32.8. The Balaban J connectivity index is 0.966. The number of carbonyl (C=O) groups excluding carboxylic acids is 6. The van der Waals surface area contributed by atoms with Crippen molar-refractivity contribution >= 4 is 41.4 Å². The van der Waals surface area contributed by atoms with E-state index in [0.29, 0.717) is 94.9 Å². The van der Waals surface area contributed by atoms with Crippen molar-refractivity contribution in [3.8, 4) is 23.0 Å². The standard InChI is InChI=1S/C55H66O14/c1-3-51(58)66-33-11-7-5-9-31-64-44-24-13-38(14-25-44)36-48(56)40-18-22-43(23-19-40)55(63)69-50-30-15-39(35-47(50)53(60)61)37-49(57)41-16-20-42(21-17-41)54(62)68-46-28-26-45(27-29-46)65-32-10-6-8-12-34-67-52(59)4-2/h3-4,13-15,24-30,35,40-43H,1-2,5-12,16-23,31-34,36-37H2,(H,60,61)/t40-,41-,42-,43-. The molecule has 2 aliphatic rings. The molecular weight excluding hydrogens is 885 g/mol. The van der Waals surface area contributed by atoms with Crippen molar-refractivity contribution in [2.75, 3.05) is 26.4 Å². The van der Waals surface area contributed by atoms with Crippen LogP contribution in [0.3, 0.4) is 0 Å². The quantitative estimate of drug-likeness (QED) is 0.0299. The van der Waals surface area contributed by atoms with Crippen LogP contribution in [-0.2, 0) is 51.1 Å². The van der Waals surface area contributed by atoms with Gasteiger partial charge in [0.2, 0.25) is 0 Å². The highest BCUT2D eigenvalue weighted by molar-refractivity contribution is 5.93. The summed E-state index contributed by atoms with van der Waals surface area (Å²) in [6.45, 7) is 8.59. The molecule has 1 N–H and O–H groups in total. The number of aromatic carboxylic acids is 1. The van der Waals surface area contributed by atoms with Gasteiger partial charge < -0.3 is 33.5 Å². The van der Waals surface area contributed by atoms with E-state index in [1.54, 1.807) is 30.3 Å². The Morgan fingerprint density at radius 2 is 0.870 bits per heavy atom. The van der Waals surface area contributed by atoms with E-state index in [1.165, 1.54) is 12.1 Å². The molecule has 0 bridgehead atoms. The largest absolute Gasteiger partial charge is 0.494 e. The van der Waals surface area contributed by atoms with Gasteiger partial charge in [-0.05, 0) is 162 Å². The van der Waals surface area contributed by atoms with Crippen molar-refractivity contribution in [1.29, 1.82) is 0 Å². The molecule has 69 heavy (non-hydrogen) atoms. The zero-order chi connectivity index (χ0) is 49.4. The molecule has 14 nitrogen and oxygen atoms in total. The van der Waals surface area contributed by atoms with Gasteiger partial charge in [0.1, 0.15) is 40.1 Å². The summed E-state index contributed by atoms with van der Waals surface area (Å²) in [5.74, 6) is -2.52. The Kier molecular flexibility index (Phi) is 22.2. The lowest BCUT2D eigenvalue weighted by atomic mass is 9.79. The lowest BCUT2D eigenvalue weighted by Gasteiger charge is -2.27. The predicted octanol–water partition coefficient (Wildman–Crippen LogP) is 9.77. The van der Waals surface area contributed by atoms with Crippen molar-refractivity contribution in [3.05, 3.63) is 109 Å². The second kappa shape index (κ2) is 28.7. The minimum atomic E-state index is -1.28.